The Hall–Kier alpha value is -2.55. The van der Waals surface area contributed by atoms with Crippen LogP contribution < -0.4 is 4.74 Å². The van der Waals surface area contributed by atoms with Crippen LogP contribution >= 0.6 is 0 Å². The maximum absolute atomic E-state index is 5.28. The topological polar surface area (TPSA) is 35.3 Å². The van der Waals surface area contributed by atoms with Crippen molar-refractivity contribution < 1.29 is 9.26 Å². The summed E-state index contributed by atoms with van der Waals surface area (Å²) < 4.78 is 10.6. The summed E-state index contributed by atoms with van der Waals surface area (Å²) >= 11 is 0. The van der Waals surface area contributed by atoms with E-state index in [2.05, 4.69) is 5.16 Å². The molecule has 0 radical (unpaired) electrons. The first kappa shape index (κ1) is 11.5. The Bertz CT molecular complexity index is 660. The number of aromatic nitrogens is 1. The number of ether oxygens (including phenoxy) is 1. The highest BCUT2D eigenvalue weighted by molar-refractivity contribution is 5.83. The lowest BCUT2D eigenvalue weighted by Gasteiger charge is -2.03. The van der Waals surface area contributed by atoms with Crippen molar-refractivity contribution >= 4 is 0 Å². The summed E-state index contributed by atoms with van der Waals surface area (Å²) in [6.45, 7) is 0. The van der Waals surface area contributed by atoms with Crippen LogP contribution in [0.2, 0.25) is 0 Å². The molecule has 0 saturated heterocycles. The zero-order valence-electron chi connectivity index (χ0n) is 10.5. The normalized spacial score (nSPS) is 10.4. The molecule has 0 spiro atoms. The third-order valence-electron chi connectivity index (χ3n) is 2.96. The molecule has 0 atom stereocenters. The van der Waals surface area contributed by atoms with Gasteiger partial charge in [-0.1, -0.05) is 65.8 Å². The van der Waals surface area contributed by atoms with E-state index >= 15 is 0 Å². The van der Waals surface area contributed by atoms with Crippen LogP contribution in [0.25, 0.3) is 22.4 Å². The number of benzene rings is 2. The van der Waals surface area contributed by atoms with E-state index in [0.717, 1.165) is 22.4 Å². The fourth-order valence-corrected chi connectivity index (χ4v) is 2.07. The van der Waals surface area contributed by atoms with Crippen LogP contribution in [0.1, 0.15) is 0 Å². The Kier molecular flexibility index (Phi) is 3.02. The molecule has 0 amide bonds. The monoisotopic (exact) mass is 251 g/mol. The van der Waals surface area contributed by atoms with Crippen molar-refractivity contribution in [1.29, 1.82) is 0 Å². The molecule has 3 aromatic rings. The minimum atomic E-state index is 0.435. The second-order valence-corrected chi connectivity index (χ2v) is 4.13. The van der Waals surface area contributed by atoms with Crippen molar-refractivity contribution in [3.63, 3.8) is 0 Å². The van der Waals surface area contributed by atoms with E-state index in [1.54, 1.807) is 7.11 Å². The minimum absolute atomic E-state index is 0.435. The van der Waals surface area contributed by atoms with Gasteiger partial charge in [-0.15, -0.1) is 0 Å². The molecule has 94 valence electrons. The Morgan fingerprint density at radius 2 is 1.42 bits per heavy atom. The fraction of sp³-hybridized carbons (Fsp3) is 0.0625. The van der Waals surface area contributed by atoms with Gasteiger partial charge in [0.1, 0.15) is 5.69 Å². The summed E-state index contributed by atoms with van der Waals surface area (Å²) in [5, 5.41) is 4.13. The zero-order chi connectivity index (χ0) is 13.1. The highest BCUT2D eigenvalue weighted by Crippen LogP contribution is 2.38. The van der Waals surface area contributed by atoms with E-state index in [1.165, 1.54) is 0 Å². The number of hydrogen-bond acceptors (Lipinski definition) is 3. The summed E-state index contributed by atoms with van der Waals surface area (Å²) in [6.07, 6.45) is 0. The molecule has 0 unspecified atom stereocenters. The van der Waals surface area contributed by atoms with Gasteiger partial charge >= 0.3 is 5.95 Å². The molecule has 19 heavy (non-hydrogen) atoms. The van der Waals surface area contributed by atoms with Gasteiger partial charge in [-0.2, -0.15) is 0 Å². The average molecular weight is 251 g/mol. The first-order valence-electron chi connectivity index (χ1n) is 6.04. The maximum Gasteiger partial charge on any atom is 0.319 e. The van der Waals surface area contributed by atoms with Crippen molar-refractivity contribution in [1.82, 2.24) is 5.16 Å². The van der Waals surface area contributed by atoms with Crippen LogP contribution in [0.15, 0.2) is 65.2 Å². The third-order valence-corrected chi connectivity index (χ3v) is 2.96. The van der Waals surface area contributed by atoms with Crippen molar-refractivity contribution in [2.24, 2.45) is 0 Å². The molecule has 3 rings (SSSR count). The predicted molar refractivity (Wildman–Crippen MR) is 73.9 cm³/mol. The summed E-state index contributed by atoms with van der Waals surface area (Å²) in [5.74, 6) is 0.435. The van der Waals surface area contributed by atoms with Crippen molar-refractivity contribution in [3.05, 3.63) is 60.7 Å². The Labute approximate surface area is 111 Å². The van der Waals surface area contributed by atoms with Gasteiger partial charge in [0.2, 0.25) is 0 Å². The van der Waals surface area contributed by atoms with Gasteiger partial charge in [-0.05, 0) is 5.56 Å². The lowest BCUT2D eigenvalue weighted by molar-refractivity contribution is 0.262. The van der Waals surface area contributed by atoms with E-state index < -0.39 is 0 Å². The van der Waals surface area contributed by atoms with Crippen LogP contribution in [0.5, 0.6) is 5.95 Å². The molecule has 2 aromatic carbocycles. The maximum atomic E-state index is 5.28. The first-order valence-corrected chi connectivity index (χ1v) is 6.04. The summed E-state index contributed by atoms with van der Waals surface area (Å²) in [7, 11) is 1.59. The molecule has 1 aromatic heterocycles. The average Bonchev–Trinajstić information content (AvgIpc) is 2.93. The number of hydrogen-bond donors (Lipinski definition) is 0. The molecule has 0 bridgehead atoms. The van der Waals surface area contributed by atoms with Crippen LogP contribution in [0.4, 0.5) is 0 Å². The molecule has 0 aliphatic rings. The minimum Gasteiger partial charge on any atom is -0.467 e. The van der Waals surface area contributed by atoms with Crippen LogP contribution in [0.3, 0.4) is 0 Å². The molecule has 0 fully saturated rings. The van der Waals surface area contributed by atoms with Crippen molar-refractivity contribution in [3.8, 4) is 28.3 Å². The zero-order valence-corrected chi connectivity index (χ0v) is 10.5. The van der Waals surface area contributed by atoms with Gasteiger partial charge in [0.25, 0.3) is 0 Å². The quantitative estimate of drug-likeness (QED) is 0.705. The lowest BCUT2D eigenvalue weighted by Crippen LogP contribution is -1.86. The molecule has 1 heterocycles. The molecular weight excluding hydrogens is 238 g/mol. The summed E-state index contributed by atoms with van der Waals surface area (Å²) in [5.41, 5.74) is 3.71. The molecule has 0 N–H and O–H groups in total. The van der Waals surface area contributed by atoms with E-state index in [4.69, 9.17) is 9.26 Å². The molecule has 0 saturated carbocycles. The van der Waals surface area contributed by atoms with Gasteiger partial charge < -0.3 is 9.26 Å². The standard InChI is InChI=1S/C16H13NO2/c1-18-16-14(12-8-4-2-5-9-12)15(17-19-16)13-10-6-3-7-11-13/h2-11H,1H3. The van der Waals surface area contributed by atoms with Gasteiger partial charge in [0.05, 0.1) is 12.7 Å². The number of rotatable bonds is 3. The Morgan fingerprint density at radius 1 is 0.842 bits per heavy atom. The molecule has 3 nitrogen and oxygen atoms in total. The molecule has 0 aliphatic heterocycles. The second-order valence-electron chi connectivity index (χ2n) is 4.13. The molecule has 0 aliphatic carbocycles. The largest absolute Gasteiger partial charge is 0.467 e. The second kappa shape index (κ2) is 4.98. The number of nitrogens with zero attached hydrogens (tertiary/aromatic N) is 1. The predicted octanol–water partition coefficient (Wildman–Crippen LogP) is 4.02. The summed E-state index contributed by atoms with van der Waals surface area (Å²) in [4.78, 5) is 0. The highest BCUT2D eigenvalue weighted by atomic mass is 16.6. The van der Waals surface area contributed by atoms with Crippen LogP contribution in [-0.4, -0.2) is 12.3 Å². The molecular formula is C16H13NO2. The van der Waals surface area contributed by atoms with Crippen LogP contribution in [0, 0.1) is 0 Å². The van der Waals surface area contributed by atoms with E-state index in [-0.39, 0.29) is 0 Å². The van der Waals surface area contributed by atoms with E-state index in [9.17, 15) is 0 Å². The Balaban J connectivity index is 2.20. The van der Waals surface area contributed by atoms with Gasteiger partial charge in [0, 0.05) is 5.56 Å². The van der Waals surface area contributed by atoms with Gasteiger partial charge in [0.15, 0.2) is 0 Å². The Morgan fingerprint density at radius 3 is 2.00 bits per heavy atom. The fourth-order valence-electron chi connectivity index (χ4n) is 2.07. The van der Waals surface area contributed by atoms with Crippen molar-refractivity contribution in [2.75, 3.05) is 7.11 Å². The SMILES string of the molecule is COc1onc(-c2ccccc2)c1-c1ccccc1. The first-order chi connectivity index (χ1) is 9.40. The van der Waals surface area contributed by atoms with Crippen LogP contribution in [-0.2, 0) is 0 Å². The smallest absolute Gasteiger partial charge is 0.319 e. The highest BCUT2D eigenvalue weighted by Gasteiger charge is 2.19. The van der Waals surface area contributed by atoms with Crippen molar-refractivity contribution in [2.45, 2.75) is 0 Å². The summed E-state index contributed by atoms with van der Waals surface area (Å²) in [6, 6.07) is 19.9. The third kappa shape index (κ3) is 2.10. The van der Waals surface area contributed by atoms with Gasteiger partial charge in [-0.3, -0.25) is 0 Å². The lowest BCUT2D eigenvalue weighted by atomic mass is 10.0. The van der Waals surface area contributed by atoms with E-state index in [1.807, 2.05) is 60.7 Å². The van der Waals surface area contributed by atoms with E-state index in [0.29, 0.717) is 5.95 Å². The molecule has 3 heteroatoms. The van der Waals surface area contributed by atoms with Gasteiger partial charge in [-0.25, -0.2) is 0 Å². The number of methoxy groups -OCH3 is 1.